The second-order valence-corrected chi connectivity index (χ2v) is 6.42. The van der Waals surface area contributed by atoms with Gasteiger partial charge in [0.15, 0.2) is 0 Å². The van der Waals surface area contributed by atoms with Crippen LogP contribution in [0.1, 0.15) is 28.6 Å². The topological polar surface area (TPSA) is 62.1 Å². The highest BCUT2D eigenvalue weighted by Gasteiger charge is 2.25. The molecule has 25 heavy (non-hydrogen) atoms. The number of anilines is 1. The van der Waals surface area contributed by atoms with Gasteiger partial charge in [-0.25, -0.2) is 9.97 Å². The van der Waals surface area contributed by atoms with Gasteiger partial charge in [0, 0.05) is 29.7 Å². The Kier molecular flexibility index (Phi) is 3.93. The molecule has 0 radical (unpaired) electrons. The van der Waals surface area contributed by atoms with Gasteiger partial charge in [-0.3, -0.25) is 4.98 Å². The van der Waals surface area contributed by atoms with Crippen LogP contribution in [0.4, 0.5) is 5.95 Å². The quantitative estimate of drug-likeness (QED) is 0.781. The third kappa shape index (κ3) is 2.98. The highest BCUT2D eigenvalue weighted by atomic mass is 16.3. The van der Waals surface area contributed by atoms with Gasteiger partial charge in [0.1, 0.15) is 0 Å². The maximum Gasteiger partial charge on any atom is 0.226 e. The fraction of sp³-hybridized carbons (Fsp3) is 0.250. The van der Waals surface area contributed by atoms with Crippen molar-refractivity contribution >= 4 is 5.95 Å². The van der Waals surface area contributed by atoms with Gasteiger partial charge in [0.2, 0.25) is 5.95 Å². The SMILES string of the molecule is Cc1ccc(-c2ccnc(N3Cc4ccccc4C(O)C3)n2)c(C)n1. The van der Waals surface area contributed by atoms with E-state index >= 15 is 0 Å². The number of aliphatic hydroxyl groups excluding tert-OH is 1. The van der Waals surface area contributed by atoms with E-state index in [1.54, 1.807) is 6.20 Å². The van der Waals surface area contributed by atoms with Crippen molar-refractivity contribution in [2.24, 2.45) is 0 Å². The average Bonchev–Trinajstić information content (AvgIpc) is 2.62. The second kappa shape index (κ2) is 6.26. The van der Waals surface area contributed by atoms with E-state index < -0.39 is 6.10 Å². The first-order valence-corrected chi connectivity index (χ1v) is 8.40. The molecule has 0 saturated heterocycles. The number of hydrogen-bond donors (Lipinski definition) is 1. The number of benzene rings is 1. The molecule has 0 amide bonds. The summed E-state index contributed by atoms with van der Waals surface area (Å²) in [7, 11) is 0. The molecule has 4 rings (SSSR count). The number of β-amino-alcohol motifs (C(OH)–C–C–N with tert-alkyl or cyclic N) is 1. The van der Waals surface area contributed by atoms with E-state index in [4.69, 9.17) is 4.98 Å². The Bertz CT molecular complexity index is 925. The van der Waals surface area contributed by atoms with E-state index in [2.05, 4.69) is 9.97 Å². The van der Waals surface area contributed by atoms with Crippen molar-refractivity contribution in [1.29, 1.82) is 0 Å². The molecule has 0 saturated carbocycles. The van der Waals surface area contributed by atoms with Gasteiger partial charge >= 0.3 is 0 Å². The van der Waals surface area contributed by atoms with Crippen LogP contribution in [0.3, 0.4) is 0 Å². The van der Waals surface area contributed by atoms with E-state index in [1.807, 2.05) is 61.2 Å². The number of nitrogens with zero attached hydrogens (tertiary/aromatic N) is 4. The zero-order chi connectivity index (χ0) is 17.4. The lowest BCUT2D eigenvalue weighted by Crippen LogP contribution is -2.34. The van der Waals surface area contributed by atoms with Crippen LogP contribution in [-0.2, 0) is 6.54 Å². The fourth-order valence-corrected chi connectivity index (χ4v) is 3.34. The first kappa shape index (κ1) is 15.7. The lowest BCUT2D eigenvalue weighted by Gasteiger charge is -2.32. The zero-order valence-corrected chi connectivity index (χ0v) is 14.3. The summed E-state index contributed by atoms with van der Waals surface area (Å²) in [5.74, 6) is 0.631. The predicted molar refractivity (Wildman–Crippen MR) is 97.2 cm³/mol. The van der Waals surface area contributed by atoms with E-state index in [-0.39, 0.29) is 0 Å². The minimum Gasteiger partial charge on any atom is -0.387 e. The molecule has 1 aromatic carbocycles. The smallest absolute Gasteiger partial charge is 0.226 e. The van der Waals surface area contributed by atoms with E-state index in [0.717, 1.165) is 33.8 Å². The third-order valence-corrected chi connectivity index (χ3v) is 4.60. The lowest BCUT2D eigenvalue weighted by atomic mass is 9.98. The largest absolute Gasteiger partial charge is 0.387 e. The second-order valence-electron chi connectivity index (χ2n) is 6.42. The molecule has 0 spiro atoms. The summed E-state index contributed by atoms with van der Waals surface area (Å²) in [6.07, 6.45) is 1.24. The highest BCUT2D eigenvalue weighted by Crippen LogP contribution is 2.29. The summed E-state index contributed by atoms with van der Waals surface area (Å²) in [5, 5.41) is 10.4. The summed E-state index contributed by atoms with van der Waals surface area (Å²) >= 11 is 0. The maximum atomic E-state index is 10.4. The number of pyridine rings is 1. The van der Waals surface area contributed by atoms with Crippen molar-refractivity contribution < 1.29 is 5.11 Å². The van der Waals surface area contributed by atoms with Crippen molar-refractivity contribution in [3.63, 3.8) is 0 Å². The van der Waals surface area contributed by atoms with Crippen LogP contribution in [0.2, 0.25) is 0 Å². The van der Waals surface area contributed by atoms with Gasteiger partial charge in [-0.2, -0.15) is 0 Å². The van der Waals surface area contributed by atoms with E-state index in [9.17, 15) is 5.11 Å². The molecule has 1 N–H and O–H groups in total. The molecule has 0 fully saturated rings. The first-order chi connectivity index (χ1) is 12.1. The van der Waals surface area contributed by atoms with Crippen molar-refractivity contribution in [3.05, 3.63) is 71.2 Å². The number of aromatic nitrogens is 3. The Balaban J connectivity index is 1.69. The van der Waals surface area contributed by atoms with Crippen molar-refractivity contribution in [1.82, 2.24) is 15.0 Å². The molecular formula is C20H20N4O. The average molecular weight is 332 g/mol. The molecule has 126 valence electrons. The van der Waals surface area contributed by atoms with Gasteiger partial charge in [0.05, 0.1) is 18.3 Å². The van der Waals surface area contributed by atoms with Gasteiger partial charge in [-0.1, -0.05) is 24.3 Å². The van der Waals surface area contributed by atoms with Crippen molar-refractivity contribution in [3.8, 4) is 11.3 Å². The van der Waals surface area contributed by atoms with Crippen LogP contribution in [0.5, 0.6) is 0 Å². The zero-order valence-electron chi connectivity index (χ0n) is 14.3. The molecule has 1 aliphatic heterocycles. The van der Waals surface area contributed by atoms with Crippen LogP contribution >= 0.6 is 0 Å². The molecule has 3 heterocycles. The molecule has 0 aliphatic carbocycles. The van der Waals surface area contributed by atoms with Crippen LogP contribution in [0.25, 0.3) is 11.3 Å². The molecular weight excluding hydrogens is 312 g/mol. The van der Waals surface area contributed by atoms with E-state index in [0.29, 0.717) is 19.0 Å². The Morgan fingerprint density at radius 2 is 1.88 bits per heavy atom. The molecule has 3 aromatic rings. The molecule has 0 bridgehead atoms. The first-order valence-electron chi connectivity index (χ1n) is 8.40. The van der Waals surface area contributed by atoms with E-state index in [1.165, 1.54) is 0 Å². The Morgan fingerprint density at radius 3 is 2.72 bits per heavy atom. The minimum atomic E-state index is -0.528. The molecule has 5 heteroatoms. The summed E-state index contributed by atoms with van der Waals surface area (Å²) in [6, 6.07) is 13.9. The molecule has 1 atom stereocenters. The maximum absolute atomic E-state index is 10.4. The van der Waals surface area contributed by atoms with Gasteiger partial charge in [-0.15, -0.1) is 0 Å². The van der Waals surface area contributed by atoms with Crippen molar-refractivity contribution in [2.45, 2.75) is 26.5 Å². The summed E-state index contributed by atoms with van der Waals surface area (Å²) in [6.45, 7) is 5.16. The fourth-order valence-electron chi connectivity index (χ4n) is 3.34. The van der Waals surface area contributed by atoms with Crippen LogP contribution in [0.15, 0.2) is 48.7 Å². The highest BCUT2D eigenvalue weighted by molar-refractivity contribution is 5.63. The molecule has 5 nitrogen and oxygen atoms in total. The monoisotopic (exact) mass is 332 g/mol. The summed E-state index contributed by atoms with van der Waals surface area (Å²) in [5.41, 5.74) is 5.91. The summed E-state index contributed by atoms with van der Waals surface area (Å²) < 4.78 is 0. The number of aryl methyl sites for hydroxylation is 2. The predicted octanol–water partition coefficient (Wildman–Crippen LogP) is 3.21. The number of rotatable bonds is 2. The normalized spacial score (nSPS) is 16.6. The lowest BCUT2D eigenvalue weighted by molar-refractivity contribution is 0.175. The van der Waals surface area contributed by atoms with Crippen LogP contribution < -0.4 is 4.90 Å². The van der Waals surface area contributed by atoms with Gasteiger partial charge in [-0.05, 0) is 43.2 Å². The van der Waals surface area contributed by atoms with Crippen LogP contribution in [0, 0.1) is 13.8 Å². The third-order valence-electron chi connectivity index (χ3n) is 4.60. The Hall–Kier alpha value is -2.79. The number of fused-ring (bicyclic) bond motifs is 1. The van der Waals surface area contributed by atoms with Gasteiger partial charge < -0.3 is 10.0 Å². The van der Waals surface area contributed by atoms with Crippen LogP contribution in [-0.4, -0.2) is 26.6 Å². The molecule has 1 unspecified atom stereocenters. The van der Waals surface area contributed by atoms with Crippen molar-refractivity contribution in [2.75, 3.05) is 11.4 Å². The number of hydrogen-bond acceptors (Lipinski definition) is 5. The standard InChI is InChI=1S/C20H20N4O/c1-13-7-8-16(14(2)22-13)18-9-10-21-20(23-18)24-11-15-5-3-4-6-17(15)19(25)12-24/h3-10,19,25H,11-12H2,1-2H3. The van der Waals surface area contributed by atoms with Gasteiger partial charge in [0.25, 0.3) is 0 Å². The Morgan fingerprint density at radius 1 is 1.04 bits per heavy atom. The molecule has 2 aromatic heterocycles. The minimum absolute atomic E-state index is 0.492. The number of aliphatic hydroxyl groups is 1. The Labute approximate surface area is 147 Å². The molecule has 1 aliphatic rings. The summed E-state index contributed by atoms with van der Waals surface area (Å²) in [4.78, 5) is 15.7.